The van der Waals surface area contributed by atoms with E-state index >= 15 is 0 Å². The van der Waals surface area contributed by atoms with E-state index in [-0.39, 0.29) is 18.4 Å². The van der Waals surface area contributed by atoms with Crippen molar-refractivity contribution < 1.29 is 15.3 Å². The highest BCUT2D eigenvalue weighted by Crippen LogP contribution is 2.54. The topological polar surface area (TPSA) is 111 Å². The highest BCUT2D eigenvalue weighted by molar-refractivity contribution is 5.77. The van der Waals surface area contributed by atoms with Gasteiger partial charge in [-0.2, -0.15) is 0 Å². The van der Waals surface area contributed by atoms with Crippen LogP contribution >= 0.6 is 0 Å². The molecule has 5 atom stereocenters. The molecule has 2 fully saturated rings. The van der Waals surface area contributed by atoms with Crippen molar-refractivity contribution >= 4 is 5.96 Å². The van der Waals surface area contributed by atoms with Crippen molar-refractivity contribution in [2.45, 2.75) is 69.5 Å². The second-order valence-corrected chi connectivity index (χ2v) is 8.45. The summed E-state index contributed by atoms with van der Waals surface area (Å²) < 4.78 is 0. The largest absolute Gasteiger partial charge is 0.396 e. The van der Waals surface area contributed by atoms with E-state index < -0.39 is 11.2 Å². The zero-order chi connectivity index (χ0) is 19.4. The van der Waals surface area contributed by atoms with Crippen molar-refractivity contribution in [2.75, 3.05) is 20.2 Å². The van der Waals surface area contributed by atoms with Crippen LogP contribution < -0.4 is 11.1 Å². The zero-order valence-corrected chi connectivity index (χ0v) is 16.4. The number of fused-ring (bicyclic) bond motifs is 1. The molecule has 6 nitrogen and oxygen atoms in total. The Morgan fingerprint density at radius 1 is 1.27 bits per heavy atom. The molecular weight excluding hydrogens is 330 g/mol. The Bertz CT molecular complexity index is 520. The van der Waals surface area contributed by atoms with E-state index in [0.717, 1.165) is 44.1 Å². The predicted octanol–water partition coefficient (Wildman–Crippen LogP) is 1.55. The normalized spacial score (nSPS) is 37.9. The Balaban J connectivity index is 2.12. The Labute approximate surface area is 157 Å². The molecule has 0 aromatic carbocycles. The third-order valence-electron chi connectivity index (χ3n) is 6.74. The second-order valence-electron chi connectivity index (χ2n) is 8.45. The van der Waals surface area contributed by atoms with Gasteiger partial charge in [-0.05, 0) is 76.0 Å². The summed E-state index contributed by atoms with van der Waals surface area (Å²) in [6.45, 7) is 6.91. The maximum absolute atomic E-state index is 11.4. The first-order chi connectivity index (χ1) is 12.2. The first kappa shape index (κ1) is 21.2. The molecule has 2 aliphatic carbocycles. The van der Waals surface area contributed by atoms with Gasteiger partial charge in [-0.15, -0.1) is 0 Å². The number of aliphatic hydroxyl groups is 3. The second kappa shape index (κ2) is 8.72. The lowest BCUT2D eigenvalue weighted by atomic mass is 9.74. The van der Waals surface area contributed by atoms with Crippen LogP contribution in [0.25, 0.3) is 0 Å². The fourth-order valence-corrected chi connectivity index (χ4v) is 5.05. The van der Waals surface area contributed by atoms with Gasteiger partial charge in [0.15, 0.2) is 5.96 Å². The van der Waals surface area contributed by atoms with Gasteiger partial charge in [-0.3, -0.25) is 4.99 Å². The molecule has 0 heterocycles. The maximum Gasteiger partial charge on any atom is 0.188 e. The molecule has 0 aliphatic heterocycles. The highest BCUT2D eigenvalue weighted by Gasteiger charge is 2.54. The van der Waals surface area contributed by atoms with Crippen LogP contribution in [0.15, 0.2) is 17.1 Å². The van der Waals surface area contributed by atoms with E-state index in [1.807, 2.05) is 6.92 Å². The summed E-state index contributed by atoms with van der Waals surface area (Å²) >= 11 is 0. The number of nitrogens with one attached hydrogen (secondary N) is 1. The first-order valence-electron chi connectivity index (χ1n) is 9.93. The molecule has 6 heteroatoms. The van der Waals surface area contributed by atoms with Crippen molar-refractivity contribution in [3.63, 3.8) is 0 Å². The third kappa shape index (κ3) is 4.78. The molecule has 2 aliphatic rings. The standard InChI is InChI=1S/C20H37N3O3/c1-14(5-4-12-24)15-6-8-19(2,25)16-7-9-20(26,17(16)13-15)10-11-23-18(21)22-3/h15-17,24-26H,1,4-13H2,2-3H3,(H3,21,22,23)/t15-,16-,17-,19+,20+/m0/s1. The maximum atomic E-state index is 11.4. The Hall–Kier alpha value is -1.11. The van der Waals surface area contributed by atoms with Crippen LogP contribution in [0, 0.1) is 17.8 Å². The van der Waals surface area contributed by atoms with Crippen molar-refractivity contribution in [1.82, 2.24) is 5.32 Å². The van der Waals surface area contributed by atoms with Gasteiger partial charge >= 0.3 is 0 Å². The molecule has 0 spiro atoms. The predicted molar refractivity (Wildman–Crippen MR) is 105 cm³/mol. The van der Waals surface area contributed by atoms with Crippen LogP contribution in [0.1, 0.15) is 58.3 Å². The summed E-state index contributed by atoms with van der Waals surface area (Å²) in [5.74, 6) is 0.840. The smallest absolute Gasteiger partial charge is 0.188 e. The van der Waals surface area contributed by atoms with E-state index in [4.69, 9.17) is 10.8 Å². The van der Waals surface area contributed by atoms with Crippen LogP contribution in [0.3, 0.4) is 0 Å². The molecule has 2 rings (SSSR count). The van der Waals surface area contributed by atoms with Crippen LogP contribution in [0.2, 0.25) is 0 Å². The molecular formula is C20H37N3O3. The minimum atomic E-state index is -0.796. The molecule has 2 saturated carbocycles. The van der Waals surface area contributed by atoms with Crippen LogP contribution in [0.5, 0.6) is 0 Å². The van der Waals surface area contributed by atoms with Crippen molar-refractivity contribution in [2.24, 2.45) is 28.5 Å². The molecule has 0 bridgehead atoms. The summed E-state index contributed by atoms with van der Waals surface area (Å²) in [6.07, 6.45) is 6.18. The number of nitrogens with two attached hydrogens (primary N) is 1. The van der Waals surface area contributed by atoms with Gasteiger partial charge in [0.2, 0.25) is 0 Å². The first-order valence-corrected chi connectivity index (χ1v) is 9.93. The minimum Gasteiger partial charge on any atom is -0.396 e. The Kier molecular flexibility index (Phi) is 7.11. The number of hydrogen-bond donors (Lipinski definition) is 5. The number of nitrogens with zero attached hydrogens (tertiary/aromatic N) is 1. The van der Waals surface area contributed by atoms with Crippen molar-refractivity contribution in [3.05, 3.63) is 12.2 Å². The molecule has 0 aromatic heterocycles. The van der Waals surface area contributed by atoms with E-state index in [9.17, 15) is 10.2 Å². The lowest BCUT2D eigenvalue weighted by Gasteiger charge is -2.37. The molecule has 0 amide bonds. The van der Waals surface area contributed by atoms with E-state index in [0.29, 0.717) is 31.3 Å². The van der Waals surface area contributed by atoms with Gasteiger partial charge in [0.1, 0.15) is 0 Å². The number of rotatable bonds is 7. The van der Waals surface area contributed by atoms with Gasteiger partial charge < -0.3 is 26.4 Å². The van der Waals surface area contributed by atoms with Crippen LogP contribution in [-0.4, -0.2) is 52.7 Å². The lowest BCUT2D eigenvalue weighted by molar-refractivity contribution is -0.0642. The van der Waals surface area contributed by atoms with Crippen LogP contribution in [0.4, 0.5) is 0 Å². The third-order valence-corrected chi connectivity index (χ3v) is 6.74. The van der Waals surface area contributed by atoms with Crippen molar-refractivity contribution in [3.8, 4) is 0 Å². The number of allylic oxidation sites excluding steroid dienone is 1. The van der Waals surface area contributed by atoms with E-state index in [2.05, 4.69) is 16.9 Å². The van der Waals surface area contributed by atoms with Gasteiger partial charge in [0.25, 0.3) is 0 Å². The van der Waals surface area contributed by atoms with Crippen molar-refractivity contribution in [1.29, 1.82) is 0 Å². The van der Waals surface area contributed by atoms with Crippen LogP contribution in [-0.2, 0) is 0 Å². The summed E-state index contributed by atoms with van der Waals surface area (Å²) in [5.41, 5.74) is 5.29. The lowest BCUT2D eigenvalue weighted by Crippen LogP contribution is -2.44. The fraction of sp³-hybridized carbons (Fsp3) is 0.850. The Morgan fingerprint density at radius 2 is 2.00 bits per heavy atom. The average Bonchev–Trinajstić information content (AvgIpc) is 2.85. The molecule has 0 aromatic rings. The minimum absolute atomic E-state index is 0.0532. The molecule has 150 valence electrons. The fourth-order valence-electron chi connectivity index (χ4n) is 5.05. The molecule has 0 radical (unpaired) electrons. The van der Waals surface area contributed by atoms with E-state index in [1.165, 1.54) is 0 Å². The van der Waals surface area contributed by atoms with Gasteiger partial charge in [0, 0.05) is 20.2 Å². The number of hydrogen-bond acceptors (Lipinski definition) is 4. The summed E-state index contributed by atoms with van der Waals surface area (Å²) in [6, 6.07) is 0. The molecule has 0 unspecified atom stereocenters. The molecule has 6 N–H and O–H groups in total. The summed E-state index contributed by atoms with van der Waals surface area (Å²) in [7, 11) is 1.63. The quantitative estimate of drug-likeness (QED) is 0.266. The van der Waals surface area contributed by atoms with Gasteiger partial charge in [-0.1, -0.05) is 12.2 Å². The monoisotopic (exact) mass is 367 g/mol. The zero-order valence-electron chi connectivity index (χ0n) is 16.4. The summed E-state index contributed by atoms with van der Waals surface area (Å²) in [5, 5.41) is 34.6. The highest BCUT2D eigenvalue weighted by atomic mass is 16.3. The number of guanidine groups is 1. The molecule has 0 saturated heterocycles. The van der Waals surface area contributed by atoms with Gasteiger partial charge in [-0.25, -0.2) is 0 Å². The Morgan fingerprint density at radius 3 is 2.65 bits per heavy atom. The van der Waals surface area contributed by atoms with E-state index in [1.54, 1.807) is 7.05 Å². The average molecular weight is 368 g/mol. The SMILES string of the molecule is C=C(CCCO)[C@H]1CC[C@@](C)(O)[C@H]2CC[C@@](O)(CCNC(N)=NC)[C@H]2C1. The summed E-state index contributed by atoms with van der Waals surface area (Å²) in [4.78, 5) is 3.89. The number of aliphatic hydroxyl groups excluding tert-OH is 1. The van der Waals surface area contributed by atoms with Gasteiger partial charge in [0.05, 0.1) is 11.2 Å². The number of aliphatic imine (C=N–C) groups is 1. The molecule has 26 heavy (non-hydrogen) atoms.